The summed E-state index contributed by atoms with van der Waals surface area (Å²) < 4.78 is 0. The van der Waals surface area contributed by atoms with Gasteiger partial charge in [-0.05, 0) is 99.6 Å². The molecule has 1 atom stereocenters. The van der Waals surface area contributed by atoms with Gasteiger partial charge in [0.05, 0.1) is 0 Å². The number of aryl methyl sites for hydroxylation is 2. The molecule has 3 aliphatic rings. The fourth-order valence-corrected chi connectivity index (χ4v) is 5.06. The van der Waals surface area contributed by atoms with E-state index in [1.54, 1.807) is 0 Å². The highest BCUT2D eigenvalue weighted by atomic mass is 16.2. The maximum absolute atomic E-state index is 13.1. The monoisotopic (exact) mass is 354 g/mol. The van der Waals surface area contributed by atoms with Gasteiger partial charge in [0.1, 0.15) is 0 Å². The van der Waals surface area contributed by atoms with Gasteiger partial charge in [-0.3, -0.25) is 4.79 Å². The molecule has 3 nitrogen and oxygen atoms in total. The minimum atomic E-state index is 0.260. The van der Waals surface area contributed by atoms with Crippen molar-refractivity contribution in [2.75, 3.05) is 32.7 Å². The zero-order valence-electron chi connectivity index (χ0n) is 16.4. The van der Waals surface area contributed by atoms with E-state index in [4.69, 9.17) is 0 Å². The molecule has 0 aromatic heterocycles. The van der Waals surface area contributed by atoms with Crippen LogP contribution in [-0.4, -0.2) is 48.4 Å². The molecule has 1 aromatic rings. The van der Waals surface area contributed by atoms with Crippen molar-refractivity contribution in [3.63, 3.8) is 0 Å². The lowest BCUT2D eigenvalue weighted by Gasteiger charge is -2.38. The van der Waals surface area contributed by atoms with E-state index in [0.717, 1.165) is 37.4 Å². The summed E-state index contributed by atoms with van der Waals surface area (Å²) >= 11 is 0. The summed E-state index contributed by atoms with van der Waals surface area (Å²) in [5, 5.41) is 0. The molecule has 1 aromatic carbocycles. The van der Waals surface area contributed by atoms with Crippen LogP contribution in [-0.2, 0) is 12.8 Å². The maximum atomic E-state index is 13.1. The van der Waals surface area contributed by atoms with Gasteiger partial charge in [-0.15, -0.1) is 0 Å². The number of carbonyl (C=O) groups is 1. The van der Waals surface area contributed by atoms with Crippen molar-refractivity contribution in [3.8, 4) is 0 Å². The van der Waals surface area contributed by atoms with Crippen LogP contribution in [0.3, 0.4) is 0 Å². The van der Waals surface area contributed by atoms with E-state index in [2.05, 4.69) is 34.9 Å². The summed E-state index contributed by atoms with van der Waals surface area (Å²) in [6.45, 7) is 7.93. The zero-order chi connectivity index (χ0) is 17.9. The minimum absolute atomic E-state index is 0.260. The Morgan fingerprint density at radius 2 is 1.77 bits per heavy atom. The highest BCUT2D eigenvalue weighted by molar-refractivity contribution is 5.94. The van der Waals surface area contributed by atoms with E-state index in [1.165, 1.54) is 69.3 Å². The standard InChI is InChI=1S/C23H34N2O/c1-18-10-13-24(14-11-18)16-19-5-4-12-25(17-19)23(26)22-9-8-20-6-2-3-7-21(20)15-22/h8-9,15,18-19H,2-7,10-14,16-17H2,1H3. The Labute approximate surface area is 158 Å². The van der Waals surface area contributed by atoms with Crippen LogP contribution >= 0.6 is 0 Å². The Kier molecular flexibility index (Phi) is 5.63. The number of nitrogens with zero attached hydrogens (tertiary/aromatic N) is 2. The van der Waals surface area contributed by atoms with Crippen LogP contribution < -0.4 is 0 Å². The van der Waals surface area contributed by atoms with Gasteiger partial charge >= 0.3 is 0 Å². The third kappa shape index (κ3) is 4.14. The molecule has 3 heteroatoms. The summed E-state index contributed by atoms with van der Waals surface area (Å²) in [7, 11) is 0. The van der Waals surface area contributed by atoms with Crippen molar-refractivity contribution in [2.45, 2.75) is 58.3 Å². The maximum Gasteiger partial charge on any atom is 0.253 e. The Balaban J connectivity index is 1.37. The molecule has 26 heavy (non-hydrogen) atoms. The molecule has 2 fully saturated rings. The highest BCUT2D eigenvalue weighted by Gasteiger charge is 2.27. The fourth-order valence-electron chi connectivity index (χ4n) is 5.06. The predicted octanol–water partition coefficient (Wildman–Crippen LogP) is 4.15. The van der Waals surface area contributed by atoms with Gasteiger partial charge in [-0.25, -0.2) is 0 Å². The first-order valence-corrected chi connectivity index (χ1v) is 10.8. The number of hydrogen-bond acceptors (Lipinski definition) is 2. The van der Waals surface area contributed by atoms with Gasteiger partial charge in [0.2, 0.25) is 0 Å². The first kappa shape index (κ1) is 18.0. The van der Waals surface area contributed by atoms with Gasteiger partial charge in [-0.2, -0.15) is 0 Å². The number of amides is 1. The highest BCUT2D eigenvalue weighted by Crippen LogP contribution is 2.25. The molecule has 1 amide bonds. The van der Waals surface area contributed by atoms with Crippen molar-refractivity contribution in [1.29, 1.82) is 0 Å². The molecule has 2 saturated heterocycles. The van der Waals surface area contributed by atoms with Crippen molar-refractivity contribution >= 4 is 5.91 Å². The van der Waals surface area contributed by atoms with E-state index in [9.17, 15) is 4.79 Å². The minimum Gasteiger partial charge on any atom is -0.338 e. The first-order chi connectivity index (χ1) is 12.7. The molecule has 0 saturated carbocycles. The third-order valence-corrected chi connectivity index (χ3v) is 6.79. The molecule has 0 N–H and O–H groups in total. The summed E-state index contributed by atoms with van der Waals surface area (Å²) in [6.07, 6.45) is 10.0. The van der Waals surface area contributed by atoms with E-state index >= 15 is 0 Å². The Morgan fingerprint density at radius 1 is 1.00 bits per heavy atom. The fraction of sp³-hybridized carbons (Fsp3) is 0.696. The first-order valence-electron chi connectivity index (χ1n) is 10.8. The van der Waals surface area contributed by atoms with Gasteiger partial charge in [0.15, 0.2) is 0 Å². The molecule has 0 radical (unpaired) electrons. The molecule has 0 bridgehead atoms. The van der Waals surface area contributed by atoms with Crippen LogP contribution in [0.2, 0.25) is 0 Å². The summed E-state index contributed by atoms with van der Waals surface area (Å²) in [4.78, 5) is 17.8. The van der Waals surface area contributed by atoms with Crippen LogP contribution in [0.25, 0.3) is 0 Å². The smallest absolute Gasteiger partial charge is 0.253 e. The molecule has 2 aliphatic heterocycles. The number of hydrogen-bond donors (Lipinski definition) is 0. The summed E-state index contributed by atoms with van der Waals surface area (Å²) in [5.74, 6) is 1.80. The van der Waals surface area contributed by atoms with Crippen LogP contribution in [0.1, 0.15) is 66.9 Å². The van der Waals surface area contributed by atoms with E-state index in [1.807, 2.05) is 0 Å². The molecule has 0 spiro atoms. The number of carbonyl (C=O) groups excluding carboxylic acids is 1. The molecular weight excluding hydrogens is 320 g/mol. The second-order valence-electron chi connectivity index (χ2n) is 8.93. The normalized spacial score (nSPS) is 25.1. The number of likely N-dealkylation sites (tertiary alicyclic amines) is 2. The molecule has 142 valence electrons. The van der Waals surface area contributed by atoms with Crippen molar-refractivity contribution in [1.82, 2.24) is 9.80 Å². The van der Waals surface area contributed by atoms with Crippen LogP contribution in [0.5, 0.6) is 0 Å². The van der Waals surface area contributed by atoms with E-state index in [-0.39, 0.29) is 5.91 Å². The topological polar surface area (TPSA) is 23.6 Å². The SMILES string of the molecule is CC1CCN(CC2CCCN(C(=O)c3ccc4c(c3)CCCC4)C2)CC1. The lowest BCUT2D eigenvalue weighted by atomic mass is 9.90. The third-order valence-electron chi connectivity index (χ3n) is 6.79. The average molecular weight is 355 g/mol. The van der Waals surface area contributed by atoms with Gasteiger partial charge in [-0.1, -0.05) is 13.0 Å². The summed E-state index contributed by atoms with van der Waals surface area (Å²) in [6, 6.07) is 6.46. The molecular formula is C23H34N2O. The van der Waals surface area contributed by atoms with Crippen molar-refractivity contribution in [3.05, 3.63) is 34.9 Å². The Bertz CT molecular complexity index is 633. The molecule has 4 rings (SSSR count). The van der Waals surface area contributed by atoms with Crippen LogP contribution in [0, 0.1) is 11.8 Å². The number of rotatable bonds is 3. The van der Waals surface area contributed by atoms with Crippen molar-refractivity contribution < 1.29 is 4.79 Å². The van der Waals surface area contributed by atoms with Crippen molar-refractivity contribution in [2.24, 2.45) is 11.8 Å². The van der Waals surface area contributed by atoms with Gasteiger partial charge < -0.3 is 9.80 Å². The summed E-state index contributed by atoms with van der Waals surface area (Å²) in [5.41, 5.74) is 3.79. The van der Waals surface area contributed by atoms with Crippen LogP contribution in [0.4, 0.5) is 0 Å². The molecule has 1 aliphatic carbocycles. The molecule has 1 unspecified atom stereocenters. The van der Waals surface area contributed by atoms with Crippen LogP contribution in [0.15, 0.2) is 18.2 Å². The van der Waals surface area contributed by atoms with Gasteiger partial charge in [0, 0.05) is 25.2 Å². The lowest BCUT2D eigenvalue weighted by Crippen LogP contribution is -2.45. The quantitative estimate of drug-likeness (QED) is 0.814. The lowest BCUT2D eigenvalue weighted by molar-refractivity contribution is 0.0622. The number of benzene rings is 1. The average Bonchev–Trinajstić information content (AvgIpc) is 2.69. The second-order valence-corrected chi connectivity index (χ2v) is 8.93. The Hall–Kier alpha value is -1.35. The predicted molar refractivity (Wildman–Crippen MR) is 107 cm³/mol. The zero-order valence-corrected chi connectivity index (χ0v) is 16.4. The number of fused-ring (bicyclic) bond motifs is 1. The van der Waals surface area contributed by atoms with E-state index in [0.29, 0.717) is 5.92 Å². The second kappa shape index (κ2) is 8.12. The van der Waals surface area contributed by atoms with E-state index < -0.39 is 0 Å². The van der Waals surface area contributed by atoms with Gasteiger partial charge in [0.25, 0.3) is 5.91 Å². The number of piperidine rings is 2. The molecule has 2 heterocycles. The Morgan fingerprint density at radius 3 is 2.58 bits per heavy atom. The largest absolute Gasteiger partial charge is 0.338 e.